The van der Waals surface area contributed by atoms with Gasteiger partial charge in [0.15, 0.2) is 10.9 Å². The highest BCUT2D eigenvalue weighted by Gasteiger charge is 2.30. The van der Waals surface area contributed by atoms with E-state index < -0.39 is 6.36 Å². The Morgan fingerprint density at radius 2 is 1.80 bits per heavy atom. The molecule has 0 saturated carbocycles. The molecule has 0 radical (unpaired) electrons. The zero-order valence-electron chi connectivity index (χ0n) is 10.0. The number of hydrogen-bond donors (Lipinski definition) is 0. The molecular weight excluding hydrogens is 295 g/mol. The van der Waals surface area contributed by atoms with Crippen molar-refractivity contribution in [2.45, 2.75) is 13.0 Å². The molecule has 106 valence electrons. The van der Waals surface area contributed by atoms with Gasteiger partial charge in [-0.3, -0.25) is 0 Å². The zero-order chi connectivity index (χ0) is 14.6. The maximum Gasteiger partial charge on any atom is 0.573 e. The van der Waals surface area contributed by atoms with E-state index in [0.29, 0.717) is 11.3 Å². The first-order valence-electron chi connectivity index (χ1n) is 5.52. The molecule has 1 aromatic heterocycles. The van der Waals surface area contributed by atoms with Gasteiger partial charge < -0.3 is 9.47 Å². The standard InChI is InChI=1S/C13H9ClF3NO2/c14-12-11(2-1-7-18-12)19-8-9-3-5-10(6-4-9)20-13(15,16)17/h1-7H,8H2. The lowest BCUT2D eigenvalue weighted by atomic mass is 10.2. The van der Waals surface area contributed by atoms with Crippen LogP contribution in [0.1, 0.15) is 5.56 Å². The maximum absolute atomic E-state index is 12.0. The number of aromatic nitrogens is 1. The minimum atomic E-state index is -4.69. The van der Waals surface area contributed by atoms with E-state index in [1.165, 1.54) is 30.5 Å². The van der Waals surface area contributed by atoms with E-state index in [0.717, 1.165) is 0 Å². The average molecular weight is 304 g/mol. The first-order chi connectivity index (χ1) is 9.44. The molecule has 0 N–H and O–H groups in total. The lowest BCUT2D eigenvalue weighted by Crippen LogP contribution is -2.17. The van der Waals surface area contributed by atoms with E-state index in [9.17, 15) is 13.2 Å². The topological polar surface area (TPSA) is 31.4 Å². The Labute approximate surface area is 117 Å². The van der Waals surface area contributed by atoms with Gasteiger partial charge in [-0.05, 0) is 29.8 Å². The van der Waals surface area contributed by atoms with Crippen molar-refractivity contribution in [1.29, 1.82) is 0 Å². The molecule has 0 unspecified atom stereocenters. The second-order valence-corrected chi connectivity index (χ2v) is 4.13. The van der Waals surface area contributed by atoms with Crippen LogP contribution in [0.25, 0.3) is 0 Å². The van der Waals surface area contributed by atoms with Crippen LogP contribution < -0.4 is 9.47 Å². The summed E-state index contributed by atoms with van der Waals surface area (Å²) in [6, 6.07) is 8.71. The van der Waals surface area contributed by atoms with Crippen LogP contribution in [0.15, 0.2) is 42.6 Å². The van der Waals surface area contributed by atoms with Gasteiger partial charge in [-0.2, -0.15) is 0 Å². The molecule has 0 fully saturated rings. The molecule has 0 saturated heterocycles. The molecule has 0 amide bonds. The first-order valence-corrected chi connectivity index (χ1v) is 5.90. The van der Waals surface area contributed by atoms with Crippen LogP contribution in [-0.2, 0) is 6.61 Å². The van der Waals surface area contributed by atoms with Crippen LogP contribution in [0, 0.1) is 0 Å². The second kappa shape index (κ2) is 6.00. The number of benzene rings is 1. The Kier molecular flexibility index (Phi) is 4.34. The molecule has 3 nitrogen and oxygen atoms in total. The van der Waals surface area contributed by atoms with Crippen molar-refractivity contribution in [2.24, 2.45) is 0 Å². The third-order valence-electron chi connectivity index (χ3n) is 2.28. The molecule has 2 aromatic rings. The number of hydrogen-bond acceptors (Lipinski definition) is 3. The van der Waals surface area contributed by atoms with Crippen LogP contribution in [-0.4, -0.2) is 11.3 Å². The molecule has 20 heavy (non-hydrogen) atoms. The highest BCUT2D eigenvalue weighted by molar-refractivity contribution is 6.30. The molecule has 0 aliphatic rings. The van der Waals surface area contributed by atoms with Gasteiger partial charge in [0.25, 0.3) is 0 Å². The fourth-order valence-electron chi connectivity index (χ4n) is 1.43. The van der Waals surface area contributed by atoms with Crippen molar-refractivity contribution in [3.8, 4) is 11.5 Å². The van der Waals surface area contributed by atoms with E-state index in [2.05, 4.69) is 9.72 Å². The number of rotatable bonds is 4. The van der Waals surface area contributed by atoms with Crippen LogP contribution in [0.2, 0.25) is 5.15 Å². The van der Waals surface area contributed by atoms with E-state index >= 15 is 0 Å². The summed E-state index contributed by atoms with van der Waals surface area (Å²) in [5, 5.41) is 0.226. The lowest BCUT2D eigenvalue weighted by molar-refractivity contribution is -0.274. The van der Waals surface area contributed by atoms with Crippen LogP contribution >= 0.6 is 11.6 Å². The first kappa shape index (κ1) is 14.5. The van der Waals surface area contributed by atoms with Gasteiger partial charge in [-0.1, -0.05) is 23.7 Å². The quantitative estimate of drug-likeness (QED) is 0.793. The molecular formula is C13H9ClF3NO2. The Balaban J connectivity index is 1.96. The predicted octanol–water partition coefficient (Wildman–Crippen LogP) is 4.21. The molecule has 0 spiro atoms. The molecule has 0 aliphatic carbocycles. The summed E-state index contributed by atoms with van der Waals surface area (Å²) >= 11 is 5.81. The molecule has 1 aromatic carbocycles. The van der Waals surface area contributed by atoms with E-state index in [1.54, 1.807) is 12.1 Å². The maximum atomic E-state index is 12.0. The second-order valence-electron chi connectivity index (χ2n) is 3.77. The fourth-order valence-corrected chi connectivity index (χ4v) is 1.60. The van der Waals surface area contributed by atoms with Crippen molar-refractivity contribution >= 4 is 11.6 Å². The summed E-state index contributed by atoms with van der Waals surface area (Å²) in [7, 11) is 0. The monoisotopic (exact) mass is 303 g/mol. The highest BCUT2D eigenvalue weighted by atomic mass is 35.5. The molecule has 1 heterocycles. The third-order valence-corrected chi connectivity index (χ3v) is 2.56. The molecule has 0 bridgehead atoms. The Hall–Kier alpha value is -1.95. The van der Waals surface area contributed by atoms with Crippen LogP contribution in [0.5, 0.6) is 11.5 Å². The summed E-state index contributed by atoms with van der Waals surface area (Å²) in [4.78, 5) is 3.84. The number of pyridine rings is 1. The smallest absolute Gasteiger partial charge is 0.486 e. The molecule has 0 atom stereocenters. The van der Waals surface area contributed by atoms with Gasteiger partial charge in [0.05, 0.1) is 0 Å². The van der Waals surface area contributed by atoms with Gasteiger partial charge in [-0.15, -0.1) is 13.2 Å². The predicted molar refractivity (Wildman–Crippen MR) is 66.7 cm³/mol. The third kappa shape index (κ3) is 4.31. The number of ether oxygens (including phenoxy) is 2. The van der Waals surface area contributed by atoms with Gasteiger partial charge in [0.1, 0.15) is 12.4 Å². The van der Waals surface area contributed by atoms with Gasteiger partial charge in [0, 0.05) is 6.20 Å². The Morgan fingerprint density at radius 3 is 2.40 bits per heavy atom. The minimum absolute atomic E-state index is 0.164. The van der Waals surface area contributed by atoms with Crippen molar-refractivity contribution in [2.75, 3.05) is 0 Å². The van der Waals surface area contributed by atoms with Crippen molar-refractivity contribution in [1.82, 2.24) is 4.98 Å². The summed E-state index contributed by atoms with van der Waals surface area (Å²) in [6.07, 6.45) is -3.17. The zero-order valence-corrected chi connectivity index (χ0v) is 10.8. The van der Waals surface area contributed by atoms with Gasteiger partial charge in [-0.25, -0.2) is 4.98 Å². The number of alkyl halides is 3. The molecule has 0 aliphatic heterocycles. The number of nitrogens with zero attached hydrogens (tertiary/aromatic N) is 1. The van der Waals surface area contributed by atoms with E-state index in [4.69, 9.17) is 16.3 Å². The van der Waals surface area contributed by atoms with Crippen molar-refractivity contribution < 1.29 is 22.6 Å². The minimum Gasteiger partial charge on any atom is -0.486 e. The normalized spacial score (nSPS) is 11.2. The fraction of sp³-hybridized carbons (Fsp3) is 0.154. The average Bonchev–Trinajstić information content (AvgIpc) is 2.38. The SMILES string of the molecule is FC(F)(F)Oc1ccc(COc2cccnc2Cl)cc1. The summed E-state index contributed by atoms with van der Waals surface area (Å²) < 4.78 is 45.1. The largest absolute Gasteiger partial charge is 0.573 e. The molecule has 2 rings (SSSR count). The van der Waals surface area contributed by atoms with E-state index in [-0.39, 0.29) is 17.5 Å². The summed E-state index contributed by atoms with van der Waals surface area (Å²) in [5.74, 6) is 0.130. The van der Waals surface area contributed by atoms with Crippen molar-refractivity contribution in [3.05, 3.63) is 53.3 Å². The van der Waals surface area contributed by atoms with Gasteiger partial charge in [0.2, 0.25) is 0 Å². The van der Waals surface area contributed by atoms with Crippen molar-refractivity contribution in [3.63, 3.8) is 0 Å². The van der Waals surface area contributed by atoms with Crippen LogP contribution in [0.4, 0.5) is 13.2 Å². The van der Waals surface area contributed by atoms with E-state index in [1.807, 2.05) is 0 Å². The summed E-state index contributed by atoms with van der Waals surface area (Å²) in [5.41, 5.74) is 0.680. The highest BCUT2D eigenvalue weighted by Crippen LogP contribution is 2.24. The Morgan fingerprint density at radius 1 is 1.10 bits per heavy atom. The molecule has 7 heteroatoms. The van der Waals surface area contributed by atoms with Gasteiger partial charge >= 0.3 is 6.36 Å². The Bertz CT molecular complexity index is 573. The lowest BCUT2D eigenvalue weighted by Gasteiger charge is -2.10. The number of halogens is 4. The van der Waals surface area contributed by atoms with Crippen LogP contribution in [0.3, 0.4) is 0 Å². The summed E-state index contributed by atoms with van der Waals surface area (Å²) in [6.45, 7) is 0.164.